The van der Waals surface area contributed by atoms with Crippen molar-refractivity contribution in [1.29, 1.82) is 0 Å². The lowest BCUT2D eigenvalue weighted by molar-refractivity contribution is 0.357. The second-order valence-corrected chi connectivity index (χ2v) is 3.60. The highest BCUT2D eigenvalue weighted by Crippen LogP contribution is 2.28. The molecule has 1 aromatic rings. The monoisotopic (exact) mass is 189 g/mol. The summed E-state index contributed by atoms with van der Waals surface area (Å²) in [5.41, 5.74) is 8.44. The summed E-state index contributed by atoms with van der Waals surface area (Å²) in [6.07, 6.45) is 3.68. The van der Waals surface area contributed by atoms with E-state index in [4.69, 9.17) is 10.5 Å². The average Bonchev–Trinajstić information content (AvgIpc) is 2.64. The van der Waals surface area contributed by atoms with E-state index in [1.54, 1.807) is 0 Å². The fraction of sp³-hybridized carbons (Fsp3) is 0.333. The van der Waals surface area contributed by atoms with Gasteiger partial charge in [0, 0.05) is 12.5 Å². The van der Waals surface area contributed by atoms with Gasteiger partial charge in [-0.1, -0.05) is 18.2 Å². The van der Waals surface area contributed by atoms with E-state index in [2.05, 4.69) is 12.6 Å². The lowest BCUT2D eigenvalue weighted by atomic mass is 10.0. The van der Waals surface area contributed by atoms with Gasteiger partial charge in [-0.05, 0) is 23.6 Å². The van der Waals surface area contributed by atoms with Crippen LogP contribution in [-0.2, 0) is 6.42 Å². The van der Waals surface area contributed by atoms with E-state index < -0.39 is 0 Å². The van der Waals surface area contributed by atoms with Gasteiger partial charge in [0.15, 0.2) is 0 Å². The van der Waals surface area contributed by atoms with Crippen LogP contribution in [0.5, 0.6) is 5.75 Å². The van der Waals surface area contributed by atoms with Crippen LogP contribution in [0.3, 0.4) is 0 Å². The fourth-order valence-corrected chi connectivity index (χ4v) is 1.75. The molecular formula is C12H15NO. The minimum Gasteiger partial charge on any atom is -0.493 e. The zero-order valence-electron chi connectivity index (χ0n) is 8.20. The van der Waals surface area contributed by atoms with Gasteiger partial charge >= 0.3 is 0 Å². The summed E-state index contributed by atoms with van der Waals surface area (Å²) in [4.78, 5) is 0. The van der Waals surface area contributed by atoms with E-state index in [1.165, 1.54) is 11.1 Å². The number of hydrogen-bond acceptors (Lipinski definition) is 2. The van der Waals surface area contributed by atoms with Crippen molar-refractivity contribution in [1.82, 2.24) is 0 Å². The van der Waals surface area contributed by atoms with Crippen molar-refractivity contribution in [3.05, 3.63) is 42.0 Å². The Morgan fingerprint density at radius 1 is 1.57 bits per heavy atom. The van der Waals surface area contributed by atoms with Crippen molar-refractivity contribution in [2.24, 2.45) is 5.73 Å². The van der Waals surface area contributed by atoms with Crippen LogP contribution in [0.25, 0.3) is 0 Å². The maximum atomic E-state index is 5.99. The summed E-state index contributed by atoms with van der Waals surface area (Å²) >= 11 is 0. The summed E-state index contributed by atoms with van der Waals surface area (Å²) < 4.78 is 5.43. The third-order valence-corrected chi connectivity index (χ3v) is 2.56. The minimum atomic E-state index is 0.0680. The first-order valence-corrected chi connectivity index (χ1v) is 4.93. The quantitative estimate of drug-likeness (QED) is 0.740. The summed E-state index contributed by atoms with van der Waals surface area (Å²) in [7, 11) is 0. The van der Waals surface area contributed by atoms with E-state index in [0.29, 0.717) is 0 Å². The standard InChI is InChI=1S/C12H15NO/c1-2-3-11(13)9-4-5-12-10(8-9)6-7-14-12/h2,4-5,8,11H,1,3,6-7,13H2/t11-/m0/s1. The van der Waals surface area contributed by atoms with Gasteiger partial charge in [-0.3, -0.25) is 0 Å². The molecule has 2 nitrogen and oxygen atoms in total. The largest absolute Gasteiger partial charge is 0.493 e. The average molecular weight is 189 g/mol. The highest BCUT2D eigenvalue weighted by atomic mass is 16.5. The van der Waals surface area contributed by atoms with Gasteiger partial charge in [0.2, 0.25) is 0 Å². The molecule has 0 amide bonds. The fourth-order valence-electron chi connectivity index (χ4n) is 1.75. The predicted molar refractivity (Wildman–Crippen MR) is 57.4 cm³/mol. The highest BCUT2D eigenvalue weighted by molar-refractivity contribution is 5.40. The molecule has 2 heteroatoms. The maximum absolute atomic E-state index is 5.99. The molecular weight excluding hydrogens is 174 g/mol. The maximum Gasteiger partial charge on any atom is 0.122 e. The lowest BCUT2D eigenvalue weighted by Crippen LogP contribution is -2.08. The van der Waals surface area contributed by atoms with Gasteiger partial charge in [-0.15, -0.1) is 6.58 Å². The molecule has 1 aliphatic rings. The lowest BCUT2D eigenvalue weighted by Gasteiger charge is -2.10. The molecule has 0 spiro atoms. The molecule has 1 aromatic carbocycles. The van der Waals surface area contributed by atoms with Crippen LogP contribution in [-0.4, -0.2) is 6.61 Å². The number of benzene rings is 1. The summed E-state index contributed by atoms with van der Waals surface area (Å²) in [5.74, 6) is 1.01. The van der Waals surface area contributed by atoms with Crippen LogP contribution >= 0.6 is 0 Å². The Kier molecular flexibility index (Phi) is 2.55. The molecule has 0 aliphatic carbocycles. The van der Waals surface area contributed by atoms with E-state index in [-0.39, 0.29) is 6.04 Å². The van der Waals surface area contributed by atoms with E-state index in [0.717, 1.165) is 25.2 Å². The van der Waals surface area contributed by atoms with Crippen molar-refractivity contribution in [3.8, 4) is 5.75 Å². The normalized spacial score (nSPS) is 15.8. The molecule has 2 N–H and O–H groups in total. The van der Waals surface area contributed by atoms with Gasteiger partial charge in [-0.2, -0.15) is 0 Å². The van der Waals surface area contributed by atoms with Crippen LogP contribution < -0.4 is 10.5 Å². The first-order chi connectivity index (χ1) is 6.81. The Bertz CT molecular complexity index is 346. The van der Waals surface area contributed by atoms with Gasteiger partial charge in [0.05, 0.1) is 6.61 Å². The Balaban J connectivity index is 2.23. The van der Waals surface area contributed by atoms with E-state index >= 15 is 0 Å². The number of rotatable bonds is 3. The molecule has 0 unspecified atom stereocenters. The first kappa shape index (κ1) is 9.28. The molecule has 0 radical (unpaired) electrons. The summed E-state index contributed by atoms with van der Waals surface area (Å²) in [5, 5.41) is 0. The predicted octanol–water partition coefficient (Wildman–Crippen LogP) is 2.20. The van der Waals surface area contributed by atoms with Crippen molar-refractivity contribution < 1.29 is 4.74 Å². The van der Waals surface area contributed by atoms with E-state index in [1.807, 2.05) is 18.2 Å². The molecule has 74 valence electrons. The number of hydrogen-bond donors (Lipinski definition) is 1. The molecule has 1 aliphatic heterocycles. The van der Waals surface area contributed by atoms with Gasteiger partial charge in [0.1, 0.15) is 5.75 Å². The molecule has 0 bridgehead atoms. The van der Waals surface area contributed by atoms with Crippen LogP contribution in [0.4, 0.5) is 0 Å². The third-order valence-electron chi connectivity index (χ3n) is 2.56. The first-order valence-electron chi connectivity index (χ1n) is 4.93. The minimum absolute atomic E-state index is 0.0680. The molecule has 0 fully saturated rings. The Hall–Kier alpha value is -1.28. The molecule has 0 saturated heterocycles. The SMILES string of the molecule is C=CC[C@H](N)c1ccc2c(c1)CCO2. The van der Waals surface area contributed by atoms with Crippen LogP contribution in [0, 0.1) is 0 Å². The second kappa shape index (κ2) is 3.84. The highest BCUT2D eigenvalue weighted by Gasteiger charge is 2.13. The van der Waals surface area contributed by atoms with Gasteiger partial charge < -0.3 is 10.5 Å². The Morgan fingerprint density at radius 2 is 2.43 bits per heavy atom. The molecule has 0 aromatic heterocycles. The third kappa shape index (κ3) is 1.66. The Labute approximate surface area is 84.4 Å². The van der Waals surface area contributed by atoms with Crippen molar-refractivity contribution in [2.75, 3.05) is 6.61 Å². The summed E-state index contributed by atoms with van der Waals surface area (Å²) in [6, 6.07) is 6.27. The molecule has 1 atom stereocenters. The van der Waals surface area contributed by atoms with Crippen molar-refractivity contribution >= 4 is 0 Å². The zero-order chi connectivity index (χ0) is 9.97. The van der Waals surface area contributed by atoms with E-state index in [9.17, 15) is 0 Å². The van der Waals surface area contributed by atoms with Gasteiger partial charge in [0.25, 0.3) is 0 Å². The molecule has 0 saturated carbocycles. The number of fused-ring (bicyclic) bond motifs is 1. The number of ether oxygens (including phenoxy) is 1. The van der Waals surface area contributed by atoms with Crippen molar-refractivity contribution in [2.45, 2.75) is 18.9 Å². The molecule has 1 heterocycles. The molecule has 2 rings (SSSR count). The summed E-state index contributed by atoms with van der Waals surface area (Å²) in [6.45, 7) is 4.50. The van der Waals surface area contributed by atoms with Crippen LogP contribution in [0.1, 0.15) is 23.6 Å². The van der Waals surface area contributed by atoms with Crippen LogP contribution in [0.15, 0.2) is 30.9 Å². The topological polar surface area (TPSA) is 35.2 Å². The smallest absolute Gasteiger partial charge is 0.122 e. The Morgan fingerprint density at radius 3 is 3.21 bits per heavy atom. The second-order valence-electron chi connectivity index (χ2n) is 3.60. The molecule has 14 heavy (non-hydrogen) atoms. The number of nitrogens with two attached hydrogens (primary N) is 1. The van der Waals surface area contributed by atoms with Crippen molar-refractivity contribution in [3.63, 3.8) is 0 Å². The zero-order valence-corrected chi connectivity index (χ0v) is 8.20. The van der Waals surface area contributed by atoms with Crippen LogP contribution in [0.2, 0.25) is 0 Å². The van der Waals surface area contributed by atoms with Gasteiger partial charge in [-0.25, -0.2) is 0 Å².